The monoisotopic (exact) mass is 266 g/mol. The highest BCUT2D eigenvalue weighted by molar-refractivity contribution is 6.33. The van der Waals surface area contributed by atoms with Crippen molar-refractivity contribution in [2.75, 3.05) is 24.5 Å². The minimum Gasteiger partial charge on any atom is -0.369 e. The minimum atomic E-state index is 0.607. The molecule has 1 heterocycles. The van der Waals surface area contributed by atoms with Crippen LogP contribution >= 0.6 is 11.6 Å². The molecule has 1 aliphatic rings. The Morgan fingerprint density at radius 3 is 3.00 bits per heavy atom. The van der Waals surface area contributed by atoms with Crippen LogP contribution in [0.15, 0.2) is 18.2 Å². The Labute approximate surface area is 115 Å². The van der Waals surface area contributed by atoms with Gasteiger partial charge in [0.05, 0.1) is 10.7 Å². The second-order valence-electron chi connectivity index (χ2n) is 5.19. The van der Waals surface area contributed by atoms with Crippen molar-refractivity contribution in [3.8, 4) is 0 Å². The van der Waals surface area contributed by atoms with Crippen LogP contribution in [-0.4, -0.2) is 25.7 Å². The SMILES string of the molecule is CCCNC1CCCN(c2ccc(C)cc2Cl)C1. The summed E-state index contributed by atoms with van der Waals surface area (Å²) in [6.07, 6.45) is 3.72. The van der Waals surface area contributed by atoms with Gasteiger partial charge in [0.25, 0.3) is 0 Å². The number of hydrogen-bond acceptors (Lipinski definition) is 2. The van der Waals surface area contributed by atoms with Gasteiger partial charge in [0.2, 0.25) is 0 Å². The lowest BCUT2D eigenvalue weighted by atomic mass is 10.0. The smallest absolute Gasteiger partial charge is 0.0642 e. The summed E-state index contributed by atoms with van der Waals surface area (Å²) in [5.41, 5.74) is 2.41. The normalized spacial score (nSPS) is 20.2. The highest BCUT2D eigenvalue weighted by atomic mass is 35.5. The molecule has 0 radical (unpaired) electrons. The van der Waals surface area contributed by atoms with Gasteiger partial charge in [0.1, 0.15) is 0 Å². The predicted octanol–water partition coefficient (Wildman–Crippen LogP) is 3.62. The molecule has 1 aromatic carbocycles. The maximum Gasteiger partial charge on any atom is 0.0642 e. The van der Waals surface area contributed by atoms with Crippen molar-refractivity contribution in [3.05, 3.63) is 28.8 Å². The van der Waals surface area contributed by atoms with E-state index < -0.39 is 0 Å². The number of rotatable bonds is 4. The quantitative estimate of drug-likeness (QED) is 0.896. The molecule has 0 bridgehead atoms. The predicted molar refractivity (Wildman–Crippen MR) is 79.7 cm³/mol. The number of benzene rings is 1. The molecule has 1 saturated heterocycles. The van der Waals surface area contributed by atoms with Crippen LogP contribution in [0.1, 0.15) is 31.7 Å². The Kier molecular flexibility index (Phi) is 4.90. The van der Waals surface area contributed by atoms with E-state index in [0.717, 1.165) is 24.7 Å². The summed E-state index contributed by atoms with van der Waals surface area (Å²) in [7, 11) is 0. The van der Waals surface area contributed by atoms with E-state index in [0.29, 0.717) is 6.04 Å². The fourth-order valence-electron chi connectivity index (χ4n) is 2.58. The highest BCUT2D eigenvalue weighted by Crippen LogP contribution is 2.29. The van der Waals surface area contributed by atoms with Gasteiger partial charge < -0.3 is 10.2 Å². The van der Waals surface area contributed by atoms with Gasteiger partial charge in [0.15, 0.2) is 0 Å². The Balaban J connectivity index is 2.03. The molecule has 1 aromatic rings. The molecule has 100 valence electrons. The Hall–Kier alpha value is -0.730. The third kappa shape index (κ3) is 3.39. The first-order valence-electron chi connectivity index (χ1n) is 6.95. The van der Waals surface area contributed by atoms with E-state index in [1.807, 2.05) is 0 Å². The molecule has 18 heavy (non-hydrogen) atoms. The van der Waals surface area contributed by atoms with E-state index in [4.69, 9.17) is 11.6 Å². The van der Waals surface area contributed by atoms with Crippen molar-refractivity contribution >= 4 is 17.3 Å². The van der Waals surface area contributed by atoms with E-state index >= 15 is 0 Å². The van der Waals surface area contributed by atoms with Crippen LogP contribution in [0, 0.1) is 6.92 Å². The standard InChI is InChI=1S/C15H23ClN2/c1-3-8-17-13-5-4-9-18(11-13)15-7-6-12(2)10-14(15)16/h6-7,10,13,17H,3-5,8-9,11H2,1-2H3. The third-order valence-corrected chi connectivity index (χ3v) is 3.85. The zero-order valence-electron chi connectivity index (χ0n) is 11.4. The van der Waals surface area contributed by atoms with Crippen molar-refractivity contribution in [3.63, 3.8) is 0 Å². The highest BCUT2D eigenvalue weighted by Gasteiger charge is 2.20. The van der Waals surface area contributed by atoms with Crippen LogP contribution in [0.5, 0.6) is 0 Å². The summed E-state index contributed by atoms with van der Waals surface area (Å²) in [4.78, 5) is 2.42. The molecule has 3 heteroatoms. The summed E-state index contributed by atoms with van der Waals surface area (Å²) < 4.78 is 0. The van der Waals surface area contributed by atoms with Crippen molar-refractivity contribution in [2.24, 2.45) is 0 Å². The fourth-order valence-corrected chi connectivity index (χ4v) is 2.93. The van der Waals surface area contributed by atoms with Gasteiger partial charge in [-0.15, -0.1) is 0 Å². The Morgan fingerprint density at radius 1 is 1.44 bits per heavy atom. The summed E-state index contributed by atoms with van der Waals surface area (Å²) in [6.45, 7) is 7.60. The van der Waals surface area contributed by atoms with Crippen LogP contribution in [0.2, 0.25) is 5.02 Å². The van der Waals surface area contributed by atoms with Gasteiger partial charge >= 0.3 is 0 Å². The second kappa shape index (κ2) is 6.44. The molecule has 0 aliphatic carbocycles. The zero-order chi connectivity index (χ0) is 13.0. The van der Waals surface area contributed by atoms with Crippen molar-refractivity contribution < 1.29 is 0 Å². The number of hydrogen-bond donors (Lipinski definition) is 1. The average molecular weight is 267 g/mol. The van der Waals surface area contributed by atoms with E-state index in [1.54, 1.807) is 0 Å². The third-order valence-electron chi connectivity index (χ3n) is 3.55. The summed E-state index contributed by atoms with van der Waals surface area (Å²) in [5.74, 6) is 0. The second-order valence-corrected chi connectivity index (χ2v) is 5.60. The maximum absolute atomic E-state index is 6.35. The van der Waals surface area contributed by atoms with Crippen LogP contribution in [0.25, 0.3) is 0 Å². The van der Waals surface area contributed by atoms with E-state index in [9.17, 15) is 0 Å². The molecular formula is C15H23ClN2. The van der Waals surface area contributed by atoms with E-state index in [1.165, 1.54) is 30.5 Å². The summed E-state index contributed by atoms with van der Waals surface area (Å²) in [6, 6.07) is 6.96. The van der Waals surface area contributed by atoms with Gasteiger partial charge in [-0.1, -0.05) is 24.6 Å². The largest absolute Gasteiger partial charge is 0.369 e. The topological polar surface area (TPSA) is 15.3 Å². The van der Waals surface area contributed by atoms with Crippen LogP contribution < -0.4 is 10.2 Å². The lowest BCUT2D eigenvalue weighted by Gasteiger charge is -2.35. The summed E-state index contributed by atoms with van der Waals surface area (Å²) in [5, 5.41) is 4.50. The first-order valence-corrected chi connectivity index (χ1v) is 7.33. The molecule has 1 fully saturated rings. The fraction of sp³-hybridized carbons (Fsp3) is 0.600. The molecule has 1 unspecified atom stereocenters. The molecule has 1 aliphatic heterocycles. The lowest BCUT2D eigenvalue weighted by molar-refractivity contribution is 0.423. The first kappa shape index (κ1) is 13.7. The molecule has 1 N–H and O–H groups in total. The van der Waals surface area contributed by atoms with E-state index in [-0.39, 0.29) is 0 Å². The zero-order valence-corrected chi connectivity index (χ0v) is 12.1. The molecule has 1 atom stereocenters. The molecule has 2 nitrogen and oxygen atoms in total. The van der Waals surface area contributed by atoms with Crippen molar-refractivity contribution in [1.82, 2.24) is 5.32 Å². The first-order chi connectivity index (χ1) is 8.70. The summed E-state index contributed by atoms with van der Waals surface area (Å²) >= 11 is 6.35. The number of halogens is 1. The van der Waals surface area contributed by atoms with Crippen LogP contribution in [-0.2, 0) is 0 Å². The molecule has 0 spiro atoms. The molecule has 0 saturated carbocycles. The van der Waals surface area contributed by atoms with Gasteiger partial charge in [-0.3, -0.25) is 0 Å². The number of nitrogens with one attached hydrogen (secondary N) is 1. The lowest BCUT2D eigenvalue weighted by Crippen LogP contribution is -2.46. The number of aryl methyl sites for hydroxylation is 1. The molecule has 2 rings (SSSR count). The maximum atomic E-state index is 6.35. The Morgan fingerprint density at radius 2 is 2.28 bits per heavy atom. The van der Waals surface area contributed by atoms with E-state index in [2.05, 4.69) is 42.3 Å². The van der Waals surface area contributed by atoms with Gasteiger partial charge in [0, 0.05) is 19.1 Å². The average Bonchev–Trinajstić information content (AvgIpc) is 2.36. The molecule has 0 amide bonds. The number of nitrogens with zero attached hydrogens (tertiary/aromatic N) is 1. The number of anilines is 1. The van der Waals surface area contributed by atoms with Gasteiger partial charge in [-0.05, 0) is 50.4 Å². The van der Waals surface area contributed by atoms with Crippen molar-refractivity contribution in [1.29, 1.82) is 0 Å². The molecule has 0 aromatic heterocycles. The minimum absolute atomic E-state index is 0.607. The van der Waals surface area contributed by atoms with Gasteiger partial charge in [-0.2, -0.15) is 0 Å². The number of piperidine rings is 1. The van der Waals surface area contributed by atoms with Crippen LogP contribution in [0.3, 0.4) is 0 Å². The Bertz CT molecular complexity index is 392. The van der Waals surface area contributed by atoms with Crippen LogP contribution in [0.4, 0.5) is 5.69 Å². The van der Waals surface area contributed by atoms with Crippen molar-refractivity contribution in [2.45, 2.75) is 39.2 Å². The van der Waals surface area contributed by atoms with Gasteiger partial charge in [-0.25, -0.2) is 0 Å². The molecular weight excluding hydrogens is 244 g/mol.